The lowest BCUT2D eigenvalue weighted by Crippen LogP contribution is -2.08. The minimum atomic E-state index is 0.664. The second kappa shape index (κ2) is 3.77. The fourth-order valence-electron chi connectivity index (χ4n) is 1.61. The average Bonchev–Trinajstić information content (AvgIpc) is 2.94. The highest BCUT2D eigenvalue weighted by Gasteiger charge is 2.10. The Balaban J connectivity index is 2.05. The standard InChI is InChI=1S/C10H9N5OS/c1-6-11-8-4-3-7(5-9(8)16-6)15(2)10-12-13-14-17-10/h3-5H,1-2H3. The Labute approximate surface area is 101 Å². The molecule has 3 aromatic rings. The first kappa shape index (κ1) is 10.2. The van der Waals surface area contributed by atoms with Crippen LogP contribution >= 0.6 is 11.5 Å². The van der Waals surface area contributed by atoms with Crippen LogP contribution in [0.3, 0.4) is 0 Å². The summed E-state index contributed by atoms with van der Waals surface area (Å²) in [4.78, 5) is 6.16. The molecule has 17 heavy (non-hydrogen) atoms. The Hall–Kier alpha value is -2.02. The quantitative estimate of drug-likeness (QED) is 0.691. The van der Waals surface area contributed by atoms with Crippen LogP contribution in [0.5, 0.6) is 0 Å². The van der Waals surface area contributed by atoms with Gasteiger partial charge in [0.1, 0.15) is 5.52 Å². The summed E-state index contributed by atoms with van der Waals surface area (Å²) < 4.78 is 9.23. The van der Waals surface area contributed by atoms with Crippen molar-refractivity contribution in [1.82, 2.24) is 19.8 Å². The van der Waals surface area contributed by atoms with E-state index < -0.39 is 0 Å². The van der Waals surface area contributed by atoms with Gasteiger partial charge >= 0.3 is 0 Å². The number of benzene rings is 1. The van der Waals surface area contributed by atoms with Crippen LogP contribution in [0, 0.1) is 6.92 Å². The molecule has 2 heterocycles. The van der Waals surface area contributed by atoms with Gasteiger partial charge in [-0.2, -0.15) is 0 Å². The van der Waals surface area contributed by atoms with Crippen molar-refractivity contribution in [3.8, 4) is 0 Å². The fraction of sp³-hybridized carbons (Fsp3) is 0.200. The molecular formula is C10H9N5OS. The molecule has 0 atom stereocenters. The summed E-state index contributed by atoms with van der Waals surface area (Å²) in [7, 11) is 1.91. The number of hydrogen-bond acceptors (Lipinski definition) is 7. The van der Waals surface area contributed by atoms with Crippen molar-refractivity contribution in [1.29, 1.82) is 0 Å². The molecule has 0 fully saturated rings. The second-order valence-corrected chi connectivity index (χ2v) is 4.30. The number of rotatable bonds is 2. The van der Waals surface area contributed by atoms with Gasteiger partial charge in [-0.25, -0.2) is 4.98 Å². The molecular weight excluding hydrogens is 238 g/mol. The maximum absolute atomic E-state index is 5.49. The van der Waals surface area contributed by atoms with Crippen molar-refractivity contribution < 1.29 is 4.42 Å². The van der Waals surface area contributed by atoms with Crippen LogP contribution in [0.15, 0.2) is 22.6 Å². The minimum Gasteiger partial charge on any atom is -0.441 e. The second-order valence-electron chi connectivity index (χ2n) is 3.59. The summed E-state index contributed by atoms with van der Waals surface area (Å²) in [6.07, 6.45) is 0. The predicted molar refractivity (Wildman–Crippen MR) is 64.5 cm³/mol. The molecule has 1 aromatic carbocycles. The van der Waals surface area contributed by atoms with E-state index in [-0.39, 0.29) is 0 Å². The molecule has 7 heteroatoms. The van der Waals surface area contributed by atoms with Gasteiger partial charge in [0.15, 0.2) is 11.5 Å². The lowest BCUT2D eigenvalue weighted by Gasteiger charge is -2.13. The molecule has 3 rings (SSSR count). The summed E-state index contributed by atoms with van der Waals surface area (Å²) in [5.74, 6) is 0.664. The van der Waals surface area contributed by atoms with Crippen molar-refractivity contribution in [3.63, 3.8) is 0 Å². The van der Waals surface area contributed by atoms with E-state index in [2.05, 4.69) is 19.8 Å². The molecule has 0 unspecified atom stereocenters. The van der Waals surface area contributed by atoms with Gasteiger partial charge in [0.25, 0.3) is 0 Å². The van der Waals surface area contributed by atoms with Gasteiger partial charge < -0.3 is 9.32 Å². The first-order valence-electron chi connectivity index (χ1n) is 5.00. The van der Waals surface area contributed by atoms with Gasteiger partial charge in [0.2, 0.25) is 5.13 Å². The Morgan fingerprint density at radius 1 is 1.35 bits per heavy atom. The number of hydrogen-bond donors (Lipinski definition) is 0. The van der Waals surface area contributed by atoms with Gasteiger partial charge in [0, 0.05) is 37.3 Å². The van der Waals surface area contributed by atoms with Gasteiger partial charge in [-0.3, -0.25) is 0 Å². The van der Waals surface area contributed by atoms with E-state index in [1.54, 1.807) is 0 Å². The van der Waals surface area contributed by atoms with Crippen molar-refractivity contribution >= 4 is 33.5 Å². The van der Waals surface area contributed by atoms with E-state index in [9.17, 15) is 0 Å². The monoisotopic (exact) mass is 247 g/mol. The highest BCUT2D eigenvalue weighted by molar-refractivity contribution is 7.09. The predicted octanol–water partition coefficient (Wildman–Crippen LogP) is 2.15. The maximum Gasteiger partial charge on any atom is 0.232 e. The van der Waals surface area contributed by atoms with Crippen LogP contribution in [0.2, 0.25) is 0 Å². The van der Waals surface area contributed by atoms with Crippen molar-refractivity contribution in [2.75, 3.05) is 11.9 Å². The number of nitrogens with zero attached hydrogens (tertiary/aromatic N) is 5. The first-order chi connectivity index (χ1) is 8.24. The third kappa shape index (κ3) is 1.74. The minimum absolute atomic E-state index is 0.664. The number of oxazole rings is 1. The van der Waals surface area contributed by atoms with E-state index in [4.69, 9.17) is 4.42 Å². The van der Waals surface area contributed by atoms with Crippen molar-refractivity contribution in [3.05, 3.63) is 24.1 Å². The maximum atomic E-state index is 5.49. The molecule has 0 radical (unpaired) electrons. The Bertz CT molecular complexity index is 648. The summed E-state index contributed by atoms with van der Waals surface area (Å²) in [6, 6.07) is 5.81. The molecule has 0 bridgehead atoms. The zero-order chi connectivity index (χ0) is 11.8. The number of fused-ring (bicyclic) bond motifs is 1. The zero-order valence-electron chi connectivity index (χ0n) is 9.28. The molecule has 0 amide bonds. The molecule has 2 aromatic heterocycles. The zero-order valence-corrected chi connectivity index (χ0v) is 10.1. The van der Waals surface area contributed by atoms with Gasteiger partial charge in [-0.1, -0.05) is 9.59 Å². The van der Waals surface area contributed by atoms with Crippen LogP contribution in [-0.4, -0.2) is 26.8 Å². The van der Waals surface area contributed by atoms with E-state index in [1.165, 1.54) is 11.5 Å². The molecule has 6 nitrogen and oxygen atoms in total. The number of anilines is 2. The fourth-order valence-corrected chi connectivity index (χ4v) is 2.05. The molecule has 0 N–H and O–H groups in total. The molecule has 0 aliphatic rings. The van der Waals surface area contributed by atoms with E-state index in [1.807, 2.05) is 37.1 Å². The lowest BCUT2D eigenvalue weighted by atomic mass is 10.3. The van der Waals surface area contributed by atoms with Gasteiger partial charge in [-0.05, 0) is 17.3 Å². The molecule has 0 aliphatic carbocycles. The summed E-state index contributed by atoms with van der Waals surface area (Å²) in [6.45, 7) is 1.83. The van der Waals surface area contributed by atoms with Crippen LogP contribution in [0.25, 0.3) is 11.1 Å². The van der Waals surface area contributed by atoms with Crippen LogP contribution in [-0.2, 0) is 0 Å². The average molecular weight is 247 g/mol. The third-order valence-corrected chi connectivity index (χ3v) is 3.12. The van der Waals surface area contributed by atoms with E-state index in [0.29, 0.717) is 5.89 Å². The number of aryl methyl sites for hydroxylation is 1. The van der Waals surface area contributed by atoms with E-state index in [0.717, 1.165) is 21.9 Å². The Morgan fingerprint density at radius 2 is 2.24 bits per heavy atom. The van der Waals surface area contributed by atoms with Crippen molar-refractivity contribution in [2.24, 2.45) is 0 Å². The number of aromatic nitrogens is 4. The van der Waals surface area contributed by atoms with Crippen LogP contribution < -0.4 is 4.90 Å². The summed E-state index contributed by atoms with van der Waals surface area (Å²) >= 11 is 1.24. The van der Waals surface area contributed by atoms with Crippen LogP contribution in [0.4, 0.5) is 10.8 Å². The van der Waals surface area contributed by atoms with Gasteiger partial charge in [0.05, 0.1) is 0 Å². The van der Waals surface area contributed by atoms with E-state index >= 15 is 0 Å². The topological polar surface area (TPSA) is 67.9 Å². The highest BCUT2D eigenvalue weighted by Crippen LogP contribution is 2.27. The highest BCUT2D eigenvalue weighted by atomic mass is 32.1. The van der Waals surface area contributed by atoms with Crippen molar-refractivity contribution in [2.45, 2.75) is 6.92 Å². The Morgan fingerprint density at radius 3 is 3.00 bits per heavy atom. The van der Waals surface area contributed by atoms with Gasteiger partial charge in [-0.15, -0.1) is 0 Å². The smallest absolute Gasteiger partial charge is 0.232 e. The Kier molecular flexibility index (Phi) is 2.25. The molecule has 0 saturated carbocycles. The molecule has 0 saturated heterocycles. The lowest BCUT2D eigenvalue weighted by molar-refractivity contribution is 0.561. The summed E-state index contributed by atoms with van der Waals surface area (Å²) in [5, 5.41) is 8.23. The first-order valence-corrected chi connectivity index (χ1v) is 5.77. The largest absolute Gasteiger partial charge is 0.441 e. The molecule has 0 spiro atoms. The normalized spacial score (nSPS) is 10.9. The molecule has 0 aliphatic heterocycles. The third-order valence-electron chi connectivity index (χ3n) is 2.44. The SMILES string of the molecule is Cc1nc2ccc(N(C)c3nnns3)cc2o1. The molecule has 86 valence electrons. The summed E-state index contributed by atoms with van der Waals surface area (Å²) in [5.41, 5.74) is 2.59. The van der Waals surface area contributed by atoms with Crippen LogP contribution in [0.1, 0.15) is 5.89 Å².